The topological polar surface area (TPSA) is 54.3 Å². The fourth-order valence-electron chi connectivity index (χ4n) is 2.60. The number of rotatable bonds is 3. The van der Waals surface area contributed by atoms with Crippen LogP contribution in [0.2, 0.25) is 0 Å². The zero-order chi connectivity index (χ0) is 15.1. The number of nitrogens with zero attached hydrogens (tertiary/aromatic N) is 5. The number of anilines is 1. The van der Waals surface area contributed by atoms with Gasteiger partial charge in [-0.25, -0.2) is 4.68 Å². The number of fused-ring (bicyclic) bond motifs is 1. The molecule has 0 N–H and O–H groups in total. The van der Waals surface area contributed by atoms with Crippen LogP contribution in [0.1, 0.15) is 22.8 Å². The van der Waals surface area contributed by atoms with Crippen LogP contribution in [-0.2, 0) is 13.1 Å². The molecule has 0 bridgehead atoms. The van der Waals surface area contributed by atoms with Gasteiger partial charge >= 0.3 is 0 Å². The van der Waals surface area contributed by atoms with E-state index in [1.165, 1.54) is 0 Å². The summed E-state index contributed by atoms with van der Waals surface area (Å²) in [4.78, 5) is 20.2. The van der Waals surface area contributed by atoms with Gasteiger partial charge in [0.2, 0.25) is 5.95 Å². The predicted octanol–water partition coefficient (Wildman–Crippen LogP) is 1.62. The van der Waals surface area contributed by atoms with Crippen LogP contribution < -0.4 is 4.90 Å². The van der Waals surface area contributed by atoms with Crippen LogP contribution in [-0.4, -0.2) is 46.7 Å². The van der Waals surface area contributed by atoms with E-state index in [0.29, 0.717) is 12.4 Å². The second-order valence-corrected chi connectivity index (χ2v) is 5.48. The van der Waals surface area contributed by atoms with Gasteiger partial charge in [-0.15, -0.1) is 5.10 Å². The molecular formula is C15H19N5O. The molecular weight excluding hydrogens is 266 g/mol. The third-order valence-corrected chi connectivity index (χ3v) is 3.70. The maximum Gasteiger partial charge on any atom is 0.254 e. The van der Waals surface area contributed by atoms with Crippen molar-refractivity contribution < 1.29 is 4.79 Å². The van der Waals surface area contributed by atoms with Crippen molar-refractivity contribution in [3.63, 3.8) is 0 Å². The van der Waals surface area contributed by atoms with Gasteiger partial charge in [0.05, 0.1) is 0 Å². The van der Waals surface area contributed by atoms with Gasteiger partial charge in [-0.2, -0.15) is 4.98 Å². The molecule has 0 saturated heterocycles. The van der Waals surface area contributed by atoms with Crippen molar-refractivity contribution in [2.24, 2.45) is 0 Å². The lowest BCUT2D eigenvalue weighted by atomic mass is 10.1. The monoisotopic (exact) mass is 285 g/mol. The Labute approximate surface area is 124 Å². The number of hydrogen-bond donors (Lipinski definition) is 0. The third kappa shape index (κ3) is 2.16. The van der Waals surface area contributed by atoms with E-state index in [9.17, 15) is 4.79 Å². The van der Waals surface area contributed by atoms with E-state index in [-0.39, 0.29) is 5.91 Å². The molecule has 1 aliphatic heterocycles. The molecule has 1 aromatic carbocycles. The fourth-order valence-corrected chi connectivity index (χ4v) is 2.60. The summed E-state index contributed by atoms with van der Waals surface area (Å²) in [6, 6.07) is 5.81. The first-order valence-corrected chi connectivity index (χ1v) is 7.02. The molecule has 0 unspecified atom stereocenters. The van der Waals surface area contributed by atoms with E-state index in [2.05, 4.69) is 10.1 Å². The van der Waals surface area contributed by atoms with Crippen LogP contribution in [0.3, 0.4) is 0 Å². The van der Waals surface area contributed by atoms with Gasteiger partial charge in [-0.1, -0.05) is 6.07 Å². The first kappa shape index (κ1) is 13.6. The standard InChI is InChI=1S/C15H19N5O/c1-5-20-15(18(2)3)16-13(17-20)10-6-7-12-11(8-10)9-19(4)14(12)21/h6-8H,5,9H2,1-4H3. The Morgan fingerprint density at radius 3 is 2.71 bits per heavy atom. The Morgan fingerprint density at radius 1 is 1.33 bits per heavy atom. The van der Waals surface area contributed by atoms with Crippen molar-refractivity contribution in [2.75, 3.05) is 26.0 Å². The molecule has 1 amide bonds. The first-order chi connectivity index (χ1) is 10.0. The van der Waals surface area contributed by atoms with Crippen LogP contribution in [0.15, 0.2) is 18.2 Å². The van der Waals surface area contributed by atoms with Crippen molar-refractivity contribution in [3.05, 3.63) is 29.3 Å². The number of hydrogen-bond acceptors (Lipinski definition) is 4. The average Bonchev–Trinajstić information content (AvgIpc) is 3.01. The van der Waals surface area contributed by atoms with Gasteiger partial charge in [-0.3, -0.25) is 4.79 Å². The minimum atomic E-state index is 0.0811. The number of aryl methyl sites for hydroxylation is 1. The molecule has 0 saturated carbocycles. The number of amides is 1. The first-order valence-electron chi connectivity index (χ1n) is 7.02. The van der Waals surface area contributed by atoms with Crippen molar-refractivity contribution in [2.45, 2.75) is 20.0 Å². The van der Waals surface area contributed by atoms with E-state index in [4.69, 9.17) is 0 Å². The van der Waals surface area contributed by atoms with E-state index >= 15 is 0 Å². The summed E-state index contributed by atoms with van der Waals surface area (Å²) in [6.45, 7) is 3.46. The third-order valence-electron chi connectivity index (χ3n) is 3.70. The normalized spacial score (nSPS) is 13.7. The second kappa shape index (κ2) is 4.87. The lowest BCUT2D eigenvalue weighted by molar-refractivity contribution is 0.0816. The van der Waals surface area contributed by atoms with Crippen molar-refractivity contribution in [3.8, 4) is 11.4 Å². The Morgan fingerprint density at radius 2 is 2.10 bits per heavy atom. The van der Waals surface area contributed by atoms with Crippen molar-refractivity contribution >= 4 is 11.9 Å². The zero-order valence-corrected chi connectivity index (χ0v) is 12.8. The Bertz CT molecular complexity index is 704. The summed E-state index contributed by atoms with van der Waals surface area (Å²) >= 11 is 0. The van der Waals surface area contributed by atoms with Crippen LogP contribution in [0, 0.1) is 0 Å². The minimum absolute atomic E-state index is 0.0811. The summed E-state index contributed by atoms with van der Waals surface area (Å²) in [5.74, 6) is 1.61. The largest absolute Gasteiger partial charge is 0.347 e. The lowest BCUT2D eigenvalue weighted by Crippen LogP contribution is -2.17. The maximum absolute atomic E-state index is 11.9. The smallest absolute Gasteiger partial charge is 0.254 e. The van der Waals surface area contributed by atoms with Crippen LogP contribution in [0.4, 0.5) is 5.95 Å². The molecule has 6 nitrogen and oxygen atoms in total. The number of carbonyl (C=O) groups excluding carboxylic acids is 1. The highest BCUT2D eigenvalue weighted by molar-refractivity contribution is 5.98. The molecule has 6 heteroatoms. The highest BCUT2D eigenvalue weighted by atomic mass is 16.2. The molecule has 0 fully saturated rings. The Hall–Kier alpha value is -2.37. The molecule has 2 aromatic rings. The van der Waals surface area contributed by atoms with Crippen LogP contribution >= 0.6 is 0 Å². The molecule has 0 atom stereocenters. The number of aromatic nitrogens is 3. The molecule has 110 valence electrons. The van der Waals surface area contributed by atoms with Gasteiger partial charge < -0.3 is 9.80 Å². The number of benzene rings is 1. The summed E-state index contributed by atoms with van der Waals surface area (Å²) in [6.07, 6.45) is 0. The van der Waals surface area contributed by atoms with Crippen molar-refractivity contribution in [1.82, 2.24) is 19.7 Å². The molecule has 1 aromatic heterocycles. The molecule has 2 heterocycles. The molecule has 0 aliphatic carbocycles. The quantitative estimate of drug-likeness (QED) is 0.860. The molecule has 0 radical (unpaired) electrons. The molecule has 21 heavy (non-hydrogen) atoms. The van der Waals surface area contributed by atoms with Gasteiger partial charge in [-0.05, 0) is 24.6 Å². The molecule has 3 rings (SSSR count). The summed E-state index contributed by atoms with van der Waals surface area (Å²) in [5, 5.41) is 4.55. The fraction of sp³-hybridized carbons (Fsp3) is 0.400. The summed E-state index contributed by atoms with van der Waals surface area (Å²) in [7, 11) is 5.72. The van der Waals surface area contributed by atoms with E-state index in [0.717, 1.165) is 29.2 Å². The van der Waals surface area contributed by atoms with Crippen LogP contribution in [0.5, 0.6) is 0 Å². The van der Waals surface area contributed by atoms with E-state index in [1.54, 1.807) is 4.90 Å². The average molecular weight is 285 g/mol. The highest BCUT2D eigenvalue weighted by Crippen LogP contribution is 2.27. The second-order valence-electron chi connectivity index (χ2n) is 5.48. The van der Waals surface area contributed by atoms with Crippen molar-refractivity contribution in [1.29, 1.82) is 0 Å². The maximum atomic E-state index is 11.9. The van der Waals surface area contributed by atoms with Gasteiger partial charge in [0, 0.05) is 45.4 Å². The molecule has 0 spiro atoms. The van der Waals surface area contributed by atoms with Crippen LogP contribution in [0.25, 0.3) is 11.4 Å². The van der Waals surface area contributed by atoms with E-state index in [1.807, 2.05) is 55.8 Å². The predicted molar refractivity (Wildman–Crippen MR) is 81.3 cm³/mol. The number of carbonyl (C=O) groups is 1. The van der Waals surface area contributed by atoms with Gasteiger partial charge in [0.15, 0.2) is 5.82 Å². The zero-order valence-electron chi connectivity index (χ0n) is 12.8. The Kier molecular flexibility index (Phi) is 3.16. The Balaban J connectivity index is 2.03. The summed E-state index contributed by atoms with van der Waals surface area (Å²) < 4.78 is 1.87. The van der Waals surface area contributed by atoms with Gasteiger partial charge in [0.1, 0.15) is 0 Å². The minimum Gasteiger partial charge on any atom is -0.347 e. The SMILES string of the molecule is CCn1nc(-c2ccc3c(c2)CN(C)C3=O)nc1N(C)C. The van der Waals surface area contributed by atoms with E-state index < -0.39 is 0 Å². The summed E-state index contributed by atoms with van der Waals surface area (Å²) in [5.41, 5.74) is 2.77. The molecule has 1 aliphatic rings. The highest BCUT2D eigenvalue weighted by Gasteiger charge is 2.25. The lowest BCUT2D eigenvalue weighted by Gasteiger charge is -2.10. The van der Waals surface area contributed by atoms with Gasteiger partial charge in [0.25, 0.3) is 5.91 Å².